The highest BCUT2D eigenvalue weighted by Gasteiger charge is 2.66. The van der Waals surface area contributed by atoms with Gasteiger partial charge in [-0.3, -0.25) is 19.2 Å². The zero-order valence-electron chi connectivity index (χ0n) is 33.5. The molecule has 2 aliphatic rings. The lowest BCUT2D eigenvalue weighted by atomic mass is 9.82. The van der Waals surface area contributed by atoms with Gasteiger partial charge in [-0.15, -0.1) is 5.10 Å². The van der Waals surface area contributed by atoms with Crippen LogP contribution in [0.5, 0.6) is 5.75 Å². The first-order chi connectivity index (χ1) is 28.6. The average molecular weight is 803 g/mol. The summed E-state index contributed by atoms with van der Waals surface area (Å²) in [6.45, 7) is 7.26. The van der Waals surface area contributed by atoms with Crippen LogP contribution < -0.4 is 20.4 Å². The number of anilines is 2. The summed E-state index contributed by atoms with van der Waals surface area (Å²) in [4.78, 5) is 31.2. The smallest absolute Gasteiger partial charge is 0.279 e. The number of fused-ring (bicyclic) bond motifs is 3. The lowest BCUT2D eigenvalue weighted by molar-refractivity contribution is -0.145. The van der Waals surface area contributed by atoms with Crippen LogP contribution in [0.15, 0.2) is 145 Å². The minimum absolute atomic E-state index is 0.0360. The predicted molar refractivity (Wildman–Crippen MR) is 231 cm³/mol. The van der Waals surface area contributed by atoms with Crippen LogP contribution in [0.1, 0.15) is 36.1 Å². The third kappa shape index (κ3) is 6.39. The van der Waals surface area contributed by atoms with Gasteiger partial charge in [0, 0.05) is 35.3 Å². The Morgan fingerprint density at radius 3 is 2.32 bits per heavy atom. The van der Waals surface area contributed by atoms with Crippen LogP contribution in [0.4, 0.5) is 11.4 Å². The Balaban J connectivity index is 1.16. The predicted octanol–water partition coefficient (Wildman–Crippen LogP) is 7.09. The van der Waals surface area contributed by atoms with Crippen LogP contribution in [0.3, 0.4) is 0 Å². The van der Waals surface area contributed by atoms with Gasteiger partial charge in [0.2, 0.25) is 0 Å². The van der Waals surface area contributed by atoms with E-state index in [-0.39, 0.29) is 41.6 Å². The van der Waals surface area contributed by atoms with Crippen LogP contribution in [0.25, 0.3) is 16.5 Å². The van der Waals surface area contributed by atoms with Crippen LogP contribution >= 0.6 is 0 Å². The molecule has 11 nitrogen and oxygen atoms in total. The Morgan fingerprint density at radius 2 is 1.59 bits per heavy atom. The SMILES string of the molecule is COc1ccc([Si](C)(C)[C@H]2[C@H](CCn3cc(C(CO)c4ccccc4)nn3)O[C@@]3(C(=O)N(c4ccccc4)c4ccc(-n5ncc6ccccc6c5=O)cc43)[C@@H]2C)cc1. The fourth-order valence-electron chi connectivity index (χ4n) is 9.63. The van der Waals surface area contributed by atoms with Crippen molar-refractivity contribution in [3.05, 3.63) is 167 Å². The molecule has 1 unspecified atom stereocenters. The maximum atomic E-state index is 15.5. The van der Waals surface area contributed by atoms with Crippen molar-refractivity contribution in [2.45, 2.75) is 56.1 Å². The molecule has 5 atom stereocenters. The average Bonchev–Trinajstić information content (AvgIpc) is 3.93. The molecular formula is C47H46N6O5Si. The first-order valence-electron chi connectivity index (χ1n) is 20.1. The van der Waals surface area contributed by atoms with E-state index in [0.717, 1.165) is 22.4 Å². The Labute approximate surface area is 343 Å². The lowest BCUT2D eigenvalue weighted by Crippen LogP contribution is -2.51. The Hall–Kier alpha value is -6.21. The third-order valence-corrected chi connectivity index (χ3v) is 17.0. The fourth-order valence-corrected chi connectivity index (χ4v) is 13.7. The van der Waals surface area contributed by atoms with Crippen LogP contribution in [0.2, 0.25) is 18.6 Å². The number of aromatic nitrogens is 5. The van der Waals surface area contributed by atoms with Gasteiger partial charge in [0.1, 0.15) is 5.75 Å². The molecule has 0 radical (unpaired) electrons. The highest BCUT2D eigenvalue weighted by molar-refractivity contribution is 6.91. The summed E-state index contributed by atoms with van der Waals surface area (Å²) in [5.74, 6) is 0.0340. The normalized spacial score (nSPS) is 20.7. The molecule has 9 rings (SSSR count). The van der Waals surface area contributed by atoms with E-state index in [2.05, 4.69) is 47.6 Å². The zero-order valence-corrected chi connectivity index (χ0v) is 34.5. The number of hydrogen-bond acceptors (Lipinski definition) is 8. The van der Waals surface area contributed by atoms with Crippen LogP contribution in [0, 0.1) is 5.92 Å². The number of hydrogen-bond donors (Lipinski definition) is 1. The Morgan fingerprint density at radius 1 is 0.881 bits per heavy atom. The monoisotopic (exact) mass is 802 g/mol. The topological polar surface area (TPSA) is 125 Å². The van der Waals surface area contributed by atoms with Crippen molar-refractivity contribution < 1.29 is 19.4 Å². The van der Waals surface area contributed by atoms with Gasteiger partial charge in [-0.1, -0.05) is 109 Å². The van der Waals surface area contributed by atoms with Gasteiger partial charge in [-0.25, -0.2) is 0 Å². The summed E-state index contributed by atoms with van der Waals surface area (Å²) in [6.07, 6.45) is 3.79. The van der Waals surface area contributed by atoms with E-state index in [9.17, 15) is 9.90 Å². The van der Waals surface area contributed by atoms with Crippen molar-refractivity contribution in [3.63, 3.8) is 0 Å². The van der Waals surface area contributed by atoms with Gasteiger partial charge in [0.05, 0.1) is 62.5 Å². The number of benzene rings is 5. The van der Waals surface area contributed by atoms with Crippen molar-refractivity contribution in [2.75, 3.05) is 18.6 Å². The molecule has 12 heteroatoms. The standard InChI is InChI=1S/C47H46N6O5Si/c1-31-44(59(3,4)37-22-20-36(57-2)21-23-37)43(25-26-51-29-41(49-50-51)39(30-54)32-13-7-5-8-14-32)58-47(31)40-27-35(53-45(55)38-18-12-11-15-33(38)28-48-53)19-24-42(40)52(46(47)56)34-16-9-6-10-17-34/h5-24,27-29,31,39,43-44,54H,25-26,30H2,1-4H3/t31-,39?,43+,44-,47+/m1/s1. The maximum Gasteiger partial charge on any atom is 0.279 e. The minimum atomic E-state index is -2.47. The number of nitrogens with zero attached hydrogens (tertiary/aromatic N) is 6. The molecule has 7 aromatic rings. The van der Waals surface area contributed by atoms with E-state index >= 15 is 4.79 Å². The maximum absolute atomic E-state index is 15.5. The number of rotatable bonds is 11. The van der Waals surface area contributed by atoms with E-state index < -0.39 is 13.7 Å². The zero-order chi connectivity index (χ0) is 40.9. The second-order valence-corrected chi connectivity index (χ2v) is 20.8. The largest absolute Gasteiger partial charge is 0.497 e. The van der Waals surface area contributed by atoms with Gasteiger partial charge in [-0.05, 0) is 66.1 Å². The van der Waals surface area contributed by atoms with E-state index in [0.29, 0.717) is 41.0 Å². The number of aliphatic hydroxyl groups is 1. The Kier molecular flexibility index (Phi) is 9.86. The molecule has 2 aliphatic heterocycles. The Bertz CT molecular complexity index is 2700. The third-order valence-electron chi connectivity index (χ3n) is 12.6. The molecule has 0 saturated carbocycles. The molecule has 5 aromatic carbocycles. The first-order valence-corrected chi connectivity index (χ1v) is 23.1. The molecule has 1 fully saturated rings. The van der Waals surface area contributed by atoms with Gasteiger partial charge >= 0.3 is 0 Å². The van der Waals surface area contributed by atoms with E-state index in [1.54, 1.807) is 24.3 Å². The number of carbonyl (C=O) groups is 1. The summed E-state index contributed by atoms with van der Waals surface area (Å²) in [5, 5.41) is 26.5. The van der Waals surface area contributed by atoms with Crippen molar-refractivity contribution in [1.29, 1.82) is 0 Å². The van der Waals surface area contributed by atoms with Crippen LogP contribution in [-0.4, -0.2) is 63.7 Å². The van der Waals surface area contributed by atoms with Crippen molar-refractivity contribution >= 4 is 41.3 Å². The summed E-state index contributed by atoms with van der Waals surface area (Å²) >= 11 is 0. The molecule has 1 spiro atoms. The van der Waals surface area contributed by atoms with Crippen molar-refractivity contribution in [1.82, 2.24) is 24.8 Å². The molecule has 0 aliphatic carbocycles. The molecule has 0 bridgehead atoms. The fraction of sp³-hybridized carbons (Fsp3) is 0.255. The highest BCUT2D eigenvalue weighted by Crippen LogP contribution is 2.61. The summed E-state index contributed by atoms with van der Waals surface area (Å²) in [5.41, 5.74) is 2.70. The molecule has 2 aromatic heterocycles. The van der Waals surface area contributed by atoms with Gasteiger partial charge < -0.3 is 14.6 Å². The number of carbonyl (C=O) groups excluding carboxylic acids is 1. The molecule has 1 N–H and O–H groups in total. The molecule has 4 heterocycles. The number of amides is 1. The van der Waals surface area contributed by atoms with Crippen molar-refractivity contribution in [3.8, 4) is 11.4 Å². The van der Waals surface area contributed by atoms with E-state index in [1.165, 1.54) is 9.87 Å². The number of ether oxygens (including phenoxy) is 2. The summed E-state index contributed by atoms with van der Waals surface area (Å²) < 4.78 is 16.2. The van der Waals surface area contributed by atoms with Crippen molar-refractivity contribution in [2.24, 2.45) is 5.92 Å². The van der Waals surface area contributed by atoms with Gasteiger partial charge in [0.15, 0.2) is 5.60 Å². The number of aryl methyl sites for hydroxylation is 1. The second-order valence-electron chi connectivity index (χ2n) is 16.1. The minimum Gasteiger partial charge on any atom is -0.497 e. The molecule has 1 saturated heterocycles. The quantitative estimate of drug-likeness (QED) is 0.138. The first kappa shape index (κ1) is 38.3. The van der Waals surface area contributed by atoms with Gasteiger partial charge in [0.25, 0.3) is 11.5 Å². The number of methoxy groups -OCH3 is 1. The molecule has 59 heavy (non-hydrogen) atoms. The molecular weight excluding hydrogens is 757 g/mol. The molecule has 298 valence electrons. The number of aliphatic hydroxyl groups excluding tert-OH is 1. The lowest BCUT2D eigenvalue weighted by Gasteiger charge is -2.37. The van der Waals surface area contributed by atoms with E-state index in [1.807, 2.05) is 120 Å². The summed E-state index contributed by atoms with van der Waals surface area (Å²) in [7, 11) is -0.802. The summed E-state index contributed by atoms with van der Waals surface area (Å²) in [6, 6.07) is 40.9. The molecule has 1 amide bonds. The second kappa shape index (κ2) is 15.2. The van der Waals surface area contributed by atoms with Gasteiger partial charge in [-0.2, -0.15) is 9.78 Å². The highest BCUT2D eigenvalue weighted by atomic mass is 28.3. The van der Waals surface area contributed by atoms with Crippen LogP contribution in [-0.2, 0) is 21.7 Å². The van der Waals surface area contributed by atoms with E-state index in [4.69, 9.17) is 9.47 Å². The number of para-hydroxylation sites is 1.